The Labute approximate surface area is 140 Å². The molecule has 2 aromatic carbocycles. The zero-order valence-electron chi connectivity index (χ0n) is 12.2. The molecule has 1 fully saturated rings. The van der Waals surface area contributed by atoms with E-state index in [9.17, 15) is 4.79 Å². The summed E-state index contributed by atoms with van der Waals surface area (Å²) in [4.78, 5) is 16.4. The highest BCUT2D eigenvalue weighted by Gasteiger charge is 2.42. The highest BCUT2D eigenvalue weighted by Crippen LogP contribution is 2.32. The SMILES string of the molecule is C[C@H]1C(=O)N(c2ccc(Cl)cc2)[C@@H](S)N1Cc1ccccc1. The molecule has 1 aliphatic rings. The molecule has 1 heterocycles. The van der Waals surface area contributed by atoms with Crippen molar-refractivity contribution >= 4 is 35.8 Å². The summed E-state index contributed by atoms with van der Waals surface area (Å²) in [5.41, 5.74) is 1.69. The maximum atomic E-state index is 12.6. The predicted molar refractivity (Wildman–Crippen MR) is 93.2 cm³/mol. The van der Waals surface area contributed by atoms with Gasteiger partial charge in [0.2, 0.25) is 5.91 Å². The van der Waals surface area contributed by atoms with Crippen LogP contribution in [0.5, 0.6) is 0 Å². The fourth-order valence-electron chi connectivity index (χ4n) is 2.68. The van der Waals surface area contributed by atoms with Crippen LogP contribution in [0.15, 0.2) is 54.6 Å². The predicted octanol–water partition coefficient (Wildman–Crippen LogP) is 3.79. The number of thiol groups is 1. The third kappa shape index (κ3) is 2.86. The largest absolute Gasteiger partial charge is 0.286 e. The minimum atomic E-state index is -0.288. The molecule has 5 heteroatoms. The van der Waals surface area contributed by atoms with Crippen LogP contribution < -0.4 is 4.90 Å². The normalized spacial score (nSPS) is 22.3. The van der Waals surface area contributed by atoms with Crippen LogP contribution in [0.3, 0.4) is 0 Å². The van der Waals surface area contributed by atoms with E-state index in [4.69, 9.17) is 11.6 Å². The first kappa shape index (κ1) is 15.4. The van der Waals surface area contributed by atoms with E-state index >= 15 is 0 Å². The van der Waals surface area contributed by atoms with Crippen LogP contribution in [0, 0.1) is 0 Å². The number of carbonyl (C=O) groups excluding carboxylic acids is 1. The van der Waals surface area contributed by atoms with Crippen LogP contribution >= 0.6 is 24.2 Å². The fourth-order valence-corrected chi connectivity index (χ4v) is 3.34. The lowest BCUT2D eigenvalue weighted by molar-refractivity contribution is -0.119. The van der Waals surface area contributed by atoms with Gasteiger partial charge < -0.3 is 0 Å². The molecule has 1 aliphatic heterocycles. The van der Waals surface area contributed by atoms with Crippen molar-refractivity contribution in [3.8, 4) is 0 Å². The van der Waals surface area contributed by atoms with Gasteiger partial charge in [-0.25, -0.2) is 0 Å². The number of amides is 1. The second-order valence-corrected chi connectivity index (χ2v) is 6.26. The number of benzene rings is 2. The lowest BCUT2D eigenvalue weighted by Crippen LogP contribution is -2.35. The summed E-state index contributed by atoms with van der Waals surface area (Å²) in [5, 5.41) is 0.653. The number of carbonyl (C=O) groups is 1. The van der Waals surface area contributed by atoms with Gasteiger partial charge in [0.05, 0.1) is 6.04 Å². The maximum Gasteiger partial charge on any atom is 0.246 e. The zero-order chi connectivity index (χ0) is 15.7. The van der Waals surface area contributed by atoms with Gasteiger partial charge in [-0.3, -0.25) is 14.6 Å². The van der Waals surface area contributed by atoms with Crippen molar-refractivity contribution in [2.45, 2.75) is 25.0 Å². The number of hydrogen-bond donors (Lipinski definition) is 1. The van der Waals surface area contributed by atoms with Gasteiger partial charge in [-0.1, -0.05) is 41.9 Å². The first-order chi connectivity index (χ1) is 10.6. The van der Waals surface area contributed by atoms with Gasteiger partial charge in [-0.2, -0.15) is 0 Å². The molecule has 0 N–H and O–H groups in total. The standard InChI is InChI=1S/C17H17ClN2OS/c1-12-16(21)20(15-9-7-14(18)8-10-15)17(22)19(12)11-13-5-3-2-4-6-13/h2-10,12,17,22H,11H2,1H3/t12-,17-/m0/s1. The molecule has 3 nitrogen and oxygen atoms in total. The topological polar surface area (TPSA) is 23.6 Å². The minimum Gasteiger partial charge on any atom is -0.286 e. The summed E-state index contributed by atoms with van der Waals surface area (Å²) < 4.78 is 0. The molecule has 0 aromatic heterocycles. The fraction of sp³-hybridized carbons (Fsp3) is 0.235. The van der Waals surface area contributed by atoms with Crippen LogP contribution in [-0.2, 0) is 11.3 Å². The summed E-state index contributed by atoms with van der Waals surface area (Å²) in [6.07, 6.45) is 0. The summed E-state index contributed by atoms with van der Waals surface area (Å²) in [6, 6.07) is 17.2. The summed E-state index contributed by atoms with van der Waals surface area (Å²) >= 11 is 10.6. The molecule has 1 saturated heterocycles. The van der Waals surface area contributed by atoms with Gasteiger partial charge in [0.15, 0.2) is 0 Å². The average molecular weight is 333 g/mol. The Morgan fingerprint density at radius 1 is 1.09 bits per heavy atom. The molecule has 0 radical (unpaired) electrons. The first-order valence-corrected chi connectivity index (χ1v) is 8.04. The molecule has 2 atom stereocenters. The Balaban J connectivity index is 1.85. The molecule has 0 bridgehead atoms. The van der Waals surface area contributed by atoms with E-state index < -0.39 is 0 Å². The zero-order valence-corrected chi connectivity index (χ0v) is 13.8. The van der Waals surface area contributed by atoms with E-state index in [0.29, 0.717) is 11.6 Å². The Morgan fingerprint density at radius 2 is 1.73 bits per heavy atom. The molecule has 0 aliphatic carbocycles. The minimum absolute atomic E-state index is 0.0539. The van der Waals surface area contributed by atoms with Crippen molar-refractivity contribution in [2.75, 3.05) is 4.90 Å². The Bertz CT molecular complexity index is 662. The van der Waals surface area contributed by atoms with Crippen molar-refractivity contribution in [3.05, 3.63) is 65.2 Å². The molecule has 114 valence electrons. The summed E-state index contributed by atoms with van der Waals surface area (Å²) in [6.45, 7) is 2.61. The number of hydrogen-bond acceptors (Lipinski definition) is 3. The van der Waals surface area contributed by atoms with E-state index in [2.05, 4.69) is 29.7 Å². The lowest BCUT2D eigenvalue weighted by Gasteiger charge is -2.26. The molecule has 0 saturated carbocycles. The van der Waals surface area contributed by atoms with Gasteiger partial charge in [-0.15, -0.1) is 12.6 Å². The van der Waals surface area contributed by atoms with E-state index in [0.717, 1.165) is 5.69 Å². The van der Waals surface area contributed by atoms with Crippen LogP contribution in [0.4, 0.5) is 5.69 Å². The van der Waals surface area contributed by atoms with Crippen LogP contribution in [0.2, 0.25) is 5.02 Å². The molecule has 22 heavy (non-hydrogen) atoms. The Hall–Kier alpha value is -1.49. The van der Waals surface area contributed by atoms with E-state index in [1.165, 1.54) is 5.56 Å². The summed E-state index contributed by atoms with van der Waals surface area (Å²) in [5.74, 6) is 0.0539. The summed E-state index contributed by atoms with van der Waals surface area (Å²) in [7, 11) is 0. The van der Waals surface area contributed by atoms with Crippen molar-refractivity contribution in [1.29, 1.82) is 0 Å². The molecule has 1 amide bonds. The Kier molecular flexibility index (Phi) is 4.43. The molecule has 0 unspecified atom stereocenters. The van der Waals surface area contributed by atoms with Crippen molar-refractivity contribution in [3.63, 3.8) is 0 Å². The molecule has 2 aromatic rings. The highest BCUT2D eigenvalue weighted by atomic mass is 35.5. The number of anilines is 1. The van der Waals surface area contributed by atoms with Gasteiger partial charge in [-0.05, 0) is 36.8 Å². The smallest absolute Gasteiger partial charge is 0.246 e. The first-order valence-electron chi connectivity index (χ1n) is 7.14. The lowest BCUT2D eigenvalue weighted by atomic mass is 10.2. The van der Waals surface area contributed by atoms with Gasteiger partial charge in [0, 0.05) is 17.3 Å². The number of halogens is 1. The molecular weight excluding hydrogens is 316 g/mol. The van der Waals surface area contributed by atoms with Crippen molar-refractivity contribution in [2.24, 2.45) is 0 Å². The second-order valence-electron chi connectivity index (χ2n) is 5.36. The number of rotatable bonds is 3. The third-order valence-electron chi connectivity index (χ3n) is 3.93. The van der Waals surface area contributed by atoms with Gasteiger partial charge in [0.1, 0.15) is 5.50 Å². The van der Waals surface area contributed by atoms with Gasteiger partial charge >= 0.3 is 0 Å². The highest BCUT2D eigenvalue weighted by molar-refractivity contribution is 7.81. The molecule has 3 rings (SSSR count). The monoisotopic (exact) mass is 332 g/mol. The quantitative estimate of drug-likeness (QED) is 0.864. The maximum absolute atomic E-state index is 12.6. The van der Waals surface area contributed by atoms with E-state index in [1.807, 2.05) is 37.3 Å². The van der Waals surface area contributed by atoms with E-state index in [-0.39, 0.29) is 17.4 Å². The van der Waals surface area contributed by atoms with Crippen LogP contribution in [-0.4, -0.2) is 22.3 Å². The average Bonchev–Trinajstić information content (AvgIpc) is 2.73. The van der Waals surface area contributed by atoms with Gasteiger partial charge in [0.25, 0.3) is 0 Å². The van der Waals surface area contributed by atoms with Crippen molar-refractivity contribution in [1.82, 2.24) is 4.90 Å². The van der Waals surface area contributed by atoms with E-state index in [1.54, 1.807) is 17.0 Å². The van der Waals surface area contributed by atoms with Crippen LogP contribution in [0.1, 0.15) is 12.5 Å². The van der Waals surface area contributed by atoms with Crippen LogP contribution in [0.25, 0.3) is 0 Å². The van der Waals surface area contributed by atoms with Crippen molar-refractivity contribution < 1.29 is 4.79 Å². The second kappa shape index (κ2) is 6.32. The number of nitrogens with zero attached hydrogens (tertiary/aromatic N) is 2. The Morgan fingerprint density at radius 3 is 2.36 bits per heavy atom. The third-order valence-corrected chi connectivity index (χ3v) is 4.71. The molecule has 0 spiro atoms. The molecular formula is C17H17ClN2OS.